The predicted octanol–water partition coefficient (Wildman–Crippen LogP) is 1.39. The van der Waals surface area contributed by atoms with E-state index in [4.69, 9.17) is 4.74 Å². The van der Waals surface area contributed by atoms with E-state index in [-0.39, 0.29) is 0 Å². The van der Waals surface area contributed by atoms with Crippen LogP contribution in [-0.2, 0) is 31.4 Å². The average molecular weight is 272 g/mol. The zero-order chi connectivity index (χ0) is 13.9. The summed E-state index contributed by atoms with van der Waals surface area (Å²) in [5, 5.41) is 0. The molecule has 0 N–H and O–H groups in total. The number of hydrogen-bond donors (Lipinski definition) is 0. The molecule has 20 heavy (non-hydrogen) atoms. The molecule has 1 unspecified atom stereocenters. The number of fused-ring (bicyclic) bond motifs is 1. The van der Waals surface area contributed by atoms with Crippen molar-refractivity contribution in [3.63, 3.8) is 0 Å². The number of rotatable bonds is 4. The second-order valence-electron chi connectivity index (χ2n) is 5.39. The molecule has 0 fully saturated rings. The second-order valence-corrected chi connectivity index (χ2v) is 5.39. The number of aromatic nitrogens is 3. The van der Waals surface area contributed by atoms with Crippen LogP contribution in [0.3, 0.4) is 0 Å². The third kappa shape index (κ3) is 2.73. The molecule has 0 bridgehead atoms. The van der Waals surface area contributed by atoms with Crippen LogP contribution in [0.5, 0.6) is 0 Å². The van der Waals surface area contributed by atoms with Gasteiger partial charge in [0, 0.05) is 44.1 Å². The van der Waals surface area contributed by atoms with Gasteiger partial charge >= 0.3 is 0 Å². The van der Waals surface area contributed by atoms with E-state index in [2.05, 4.69) is 33.5 Å². The van der Waals surface area contributed by atoms with Gasteiger partial charge in [0.05, 0.1) is 25.2 Å². The summed E-state index contributed by atoms with van der Waals surface area (Å²) in [4.78, 5) is 10.8. The molecular formula is C15H20N4O. The first-order valence-corrected chi connectivity index (χ1v) is 6.90. The van der Waals surface area contributed by atoms with Crippen molar-refractivity contribution < 1.29 is 4.74 Å². The highest BCUT2D eigenvalue weighted by molar-refractivity contribution is 5.17. The highest BCUT2D eigenvalue weighted by atomic mass is 16.5. The van der Waals surface area contributed by atoms with Gasteiger partial charge in [-0.15, -0.1) is 0 Å². The van der Waals surface area contributed by atoms with Crippen molar-refractivity contribution in [2.75, 3.05) is 13.7 Å². The van der Waals surface area contributed by atoms with Crippen molar-refractivity contribution in [2.24, 2.45) is 7.05 Å². The van der Waals surface area contributed by atoms with Crippen LogP contribution < -0.4 is 0 Å². The van der Waals surface area contributed by atoms with E-state index < -0.39 is 0 Å². The lowest BCUT2D eigenvalue weighted by atomic mass is 10.0. The highest BCUT2D eigenvalue weighted by Gasteiger charge is 2.26. The Morgan fingerprint density at radius 3 is 2.90 bits per heavy atom. The van der Waals surface area contributed by atoms with E-state index >= 15 is 0 Å². The topological polar surface area (TPSA) is 43.2 Å². The van der Waals surface area contributed by atoms with Gasteiger partial charge in [-0.1, -0.05) is 0 Å². The molecule has 1 aliphatic heterocycles. The maximum absolute atomic E-state index is 5.86. The van der Waals surface area contributed by atoms with Gasteiger partial charge < -0.3 is 9.30 Å². The molecule has 0 aromatic carbocycles. The van der Waals surface area contributed by atoms with Crippen LogP contribution in [-0.4, -0.2) is 39.1 Å². The summed E-state index contributed by atoms with van der Waals surface area (Å²) in [6, 6.07) is 4.40. The minimum absolute atomic E-state index is 0.416. The molecule has 0 aliphatic carbocycles. The fourth-order valence-corrected chi connectivity index (χ4v) is 2.62. The zero-order valence-corrected chi connectivity index (χ0v) is 12.0. The average Bonchev–Trinajstić information content (AvgIpc) is 2.81. The third-order valence-corrected chi connectivity index (χ3v) is 3.93. The van der Waals surface area contributed by atoms with Crippen molar-refractivity contribution in [3.05, 3.63) is 47.8 Å². The van der Waals surface area contributed by atoms with Crippen LogP contribution in [0, 0.1) is 0 Å². The number of imidazole rings is 1. The first-order chi connectivity index (χ1) is 9.74. The quantitative estimate of drug-likeness (QED) is 0.843. The van der Waals surface area contributed by atoms with Gasteiger partial charge in [-0.2, -0.15) is 0 Å². The van der Waals surface area contributed by atoms with Crippen molar-refractivity contribution in [1.29, 1.82) is 0 Å². The molecular weight excluding hydrogens is 252 g/mol. The van der Waals surface area contributed by atoms with Crippen LogP contribution in [0.2, 0.25) is 0 Å². The van der Waals surface area contributed by atoms with E-state index in [0.29, 0.717) is 12.6 Å². The molecule has 3 rings (SSSR count). The van der Waals surface area contributed by atoms with E-state index in [1.807, 2.05) is 18.5 Å². The molecule has 0 radical (unpaired) electrons. The summed E-state index contributed by atoms with van der Waals surface area (Å²) in [6.45, 7) is 2.29. The number of aryl methyl sites for hydroxylation is 1. The number of ether oxygens (including phenoxy) is 1. The van der Waals surface area contributed by atoms with Crippen LogP contribution in [0.1, 0.15) is 17.0 Å². The van der Waals surface area contributed by atoms with Gasteiger partial charge in [0.15, 0.2) is 0 Å². The van der Waals surface area contributed by atoms with Crippen LogP contribution >= 0.6 is 0 Å². The maximum Gasteiger partial charge on any atom is 0.0949 e. The Morgan fingerprint density at radius 1 is 1.30 bits per heavy atom. The number of nitrogens with zero attached hydrogens (tertiary/aromatic N) is 4. The molecule has 0 saturated carbocycles. The Kier molecular flexibility index (Phi) is 3.80. The first-order valence-electron chi connectivity index (χ1n) is 6.90. The monoisotopic (exact) mass is 272 g/mol. The minimum atomic E-state index is 0.416. The summed E-state index contributed by atoms with van der Waals surface area (Å²) in [7, 11) is 4.20. The minimum Gasteiger partial charge on any atom is -0.375 e. The van der Waals surface area contributed by atoms with Crippen molar-refractivity contribution in [2.45, 2.75) is 25.6 Å². The summed E-state index contributed by atoms with van der Waals surface area (Å²) >= 11 is 0. The summed E-state index contributed by atoms with van der Waals surface area (Å²) in [6.07, 6.45) is 6.50. The smallest absolute Gasteiger partial charge is 0.0949 e. The lowest BCUT2D eigenvalue weighted by Crippen LogP contribution is -2.41. The number of hydrogen-bond acceptors (Lipinski definition) is 4. The van der Waals surface area contributed by atoms with Crippen LogP contribution in [0.25, 0.3) is 0 Å². The second kappa shape index (κ2) is 5.73. The van der Waals surface area contributed by atoms with Gasteiger partial charge in [-0.3, -0.25) is 9.88 Å². The van der Waals surface area contributed by atoms with E-state index in [1.54, 1.807) is 12.4 Å². The Bertz CT molecular complexity index is 567. The normalized spacial score (nSPS) is 19.0. The third-order valence-electron chi connectivity index (χ3n) is 3.93. The summed E-state index contributed by atoms with van der Waals surface area (Å²) in [5.74, 6) is 0. The Morgan fingerprint density at radius 2 is 2.10 bits per heavy atom. The first kappa shape index (κ1) is 13.3. The van der Waals surface area contributed by atoms with E-state index in [9.17, 15) is 0 Å². The van der Waals surface area contributed by atoms with Gasteiger partial charge in [0.1, 0.15) is 0 Å². The van der Waals surface area contributed by atoms with Crippen molar-refractivity contribution in [3.8, 4) is 0 Å². The summed E-state index contributed by atoms with van der Waals surface area (Å²) in [5.41, 5.74) is 3.70. The fraction of sp³-hybridized carbons (Fsp3) is 0.467. The van der Waals surface area contributed by atoms with Gasteiger partial charge in [-0.05, 0) is 24.7 Å². The number of likely N-dealkylation sites (N-methyl/N-ethyl adjacent to an activating group) is 1. The lowest BCUT2D eigenvalue weighted by molar-refractivity contribution is 0.0515. The molecule has 3 heterocycles. The molecule has 1 atom stereocenters. The Hall–Kier alpha value is -1.72. The molecule has 1 aliphatic rings. The van der Waals surface area contributed by atoms with Gasteiger partial charge in [-0.25, -0.2) is 4.98 Å². The summed E-state index contributed by atoms with van der Waals surface area (Å²) < 4.78 is 7.99. The Labute approximate surface area is 119 Å². The molecule has 5 heteroatoms. The molecule has 0 amide bonds. The van der Waals surface area contributed by atoms with Crippen LogP contribution in [0.15, 0.2) is 30.9 Å². The number of pyridine rings is 1. The maximum atomic E-state index is 5.86. The molecule has 5 nitrogen and oxygen atoms in total. The molecule has 2 aromatic rings. The molecule has 0 saturated heterocycles. The standard InChI is InChI=1S/C15H20N4O/c1-18-8-14-15(19(2)11-17-14)7-13(18)10-20-9-12-3-5-16-6-4-12/h3-6,11,13H,7-10H2,1-2H3. The molecule has 106 valence electrons. The predicted molar refractivity (Wildman–Crippen MR) is 76.1 cm³/mol. The van der Waals surface area contributed by atoms with Crippen LogP contribution in [0.4, 0.5) is 0 Å². The zero-order valence-electron chi connectivity index (χ0n) is 12.0. The highest BCUT2D eigenvalue weighted by Crippen LogP contribution is 2.20. The van der Waals surface area contributed by atoms with E-state index in [0.717, 1.165) is 19.6 Å². The fourth-order valence-electron chi connectivity index (χ4n) is 2.62. The SMILES string of the molecule is CN1Cc2ncn(C)c2CC1COCc1ccncc1. The van der Waals surface area contributed by atoms with Gasteiger partial charge in [0.2, 0.25) is 0 Å². The van der Waals surface area contributed by atoms with Gasteiger partial charge in [0.25, 0.3) is 0 Å². The largest absolute Gasteiger partial charge is 0.375 e. The van der Waals surface area contributed by atoms with E-state index in [1.165, 1.54) is 17.0 Å². The lowest BCUT2D eigenvalue weighted by Gasteiger charge is -2.32. The van der Waals surface area contributed by atoms with Crippen molar-refractivity contribution >= 4 is 0 Å². The Balaban J connectivity index is 1.57. The molecule has 2 aromatic heterocycles. The molecule has 0 spiro atoms. The van der Waals surface area contributed by atoms with Crippen molar-refractivity contribution in [1.82, 2.24) is 19.4 Å².